The molecular formula is C10H9F2IN2O. The van der Waals surface area contributed by atoms with E-state index in [1.807, 2.05) is 22.6 Å². The van der Waals surface area contributed by atoms with E-state index in [9.17, 15) is 13.6 Å². The zero-order chi connectivity index (χ0) is 11.9. The Bertz CT molecular complexity index is 453. The predicted molar refractivity (Wildman–Crippen MR) is 64.0 cm³/mol. The third-order valence-corrected chi connectivity index (χ3v) is 3.30. The van der Waals surface area contributed by atoms with Crippen LogP contribution in [0.15, 0.2) is 12.1 Å². The van der Waals surface area contributed by atoms with Crippen LogP contribution in [-0.2, 0) is 4.79 Å². The molecule has 2 rings (SSSR count). The number of amides is 1. The van der Waals surface area contributed by atoms with E-state index < -0.39 is 11.6 Å². The number of anilines is 1. The van der Waals surface area contributed by atoms with E-state index in [4.69, 9.17) is 5.73 Å². The Morgan fingerprint density at radius 3 is 2.56 bits per heavy atom. The Kier molecular flexibility index (Phi) is 3.11. The van der Waals surface area contributed by atoms with Gasteiger partial charge in [-0.1, -0.05) is 0 Å². The van der Waals surface area contributed by atoms with Crippen molar-refractivity contribution in [3.05, 3.63) is 27.3 Å². The Morgan fingerprint density at radius 2 is 2.00 bits per heavy atom. The molecule has 0 spiro atoms. The first-order valence-electron chi connectivity index (χ1n) is 4.69. The highest BCUT2D eigenvalue weighted by atomic mass is 127. The molecule has 1 heterocycles. The third kappa shape index (κ3) is 2.03. The molecule has 0 aliphatic carbocycles. The SMILES string of the molecule is NC1CC(=O)N(c2cc(F)c(F)cc2I)C1. The van der Waals surface area contributed by atoms with Crippen LogP contribution in [0.2, 0.25) is 0 Å². The van der Waals surface area contributed by atoms with Crippen LogP contribution in [0, 0.1) is 15.2 Å². The van der Waals surface area contributed by atoms with Crippen LogP contribution in [0.3, 0.4) is 0 Å². The monoisotopic (exact) mass is 338 g/mol. The topological polar surface area (TPSA) is 46.3 Å². The molecule has 86 valence electrons. The lowest BCUT2D eigenvalue weighted by molar-refractivity contribution is -0.117. The minimum absolute atomic E-state index is 0.156. The quantitative estimate of drug-likeness (QED) is 0.625. The molecule has 16 heavy (non-hydrogen) atoms. The molecule has 0 radical (unpaired) electrons. The zero-order valence-electron chi connectivity index (χ0n) is 8.21. The summed E-state index contributed by atoms with van der Waals surface area (Å²) in [5.74, 6) is -2.02. The van der Waals surface area contributed by atoms with Crippen LogP contribution < -0.4 is 10.6 Å². The standard InChI is InChI=1S/C10H9F2IN2O/c11-6-2-8(13)9(3-7(6)12)15-4-5(14)1-10(15)16/h2-3,5H,1,4,14H2. The van der Waals surface area contributed by atoms with Gasteiger partial charge in [0.05, 0.1) is 5.69 Å². The molecular weight excluding hydrogens is 329 g/mol. The summed E-state index contributed by atoms with van der Waals surface area (Å²) < 4.78 is 26.5. The van der Waals surface area contributed by atoms with Crippen molar-refractivity contribution in [2.45, 2.75) is 12.5 Å². The van der Waals surface area contributed by atoms with Gasteiger partial charge in [-0.15, -0.1) is 0 Å². The molecule has 1 aromatic carbocycles. The summed E-state index contributed by atoms with van der Waals surface area (Å²) in [5.41, 5.74) is 6.02. The number of nitrogens with zero attached hydrogens (tertiary/aromatic N) is 1. The van der Waals surface area contributed by atoms with Gasteiger partial charge in [-0.25, -0.2) is 8.78 Å². The van der Waals surface area contributed by atoms with E-state index in [-0.39, 0.29) is 18.4 Å². The van der Waals surface area contributed by atoms with Crippen molar-refractivity contribution in [2.75, 3.05) is 11.4 Å². The van der Waals surface area contributed by atoms with E-state index >= 15 is 0 Å². The van der Waals surface area contributed by atoms with Crippen molar-refractivity contribution < 1.29 is 13.6 Å². The highest BCUT2D eigenvalue weighted by molar-refractivity contribution is 14.1. The third-order valence-electron chi connectivity index (χ3n) is 2.44. The van der Waals surface area contributed by atoms with Crippen LogP contribution in [0.4, 0.5) is 14.5 Å². The maximum Gasteiger partial charge on any atom is 0.228 e. The first-order chi connectivity index (χ1) is 7.49. The van der Waals surface area contributed by atoms with Gasteiger partial charge >= 0.3 is 0 Å². The Labute approximate surface area is 105 Å². The molecule has 1 unspecified atom stereocenters. The minimum atomic E-state index is -0.955. The summed E-state index contributed by atoms with van der Waals surface area (Å²) >= 11 is 1.87. The lowest BCUT2D eigenvalue weighted by Gasteiger charge is -2.18. The van der Waals surface area contributed by atoms with Crippen LogP contribution in [0.1, 0.15) is 6.42 Å². The van der Waals surface area contributed by atoms with Gasteiger partial charge in [-0.2, -0.15) is 0 Å². The van der Waals surface area contributed by atoms with E-state index in [2.05, 4.69) is 0 Å². The first-order valence-corrected chi connectivity index (χ1v) is 5.77. The van der Waals surface area contributed by atoms with Gasteiger partial charge in [-0.05, 0) is 28.7 Å². The molecule has 0 saturated carbocycles. The van der Waals surface area contributed by atoms with Gasteiger partial charge in [0.1, 0.15) is 0 Å². The van der Waals surface area contributed by atoms with Crippen molar-refractivity contribution in [3.8, 4) is 0 Å². The van der Waals surface area contributed by atoms with Crippen LogP contribution in [0.5, 0.6) is 0 Å². The van der Waals surface area contributed by atoms with E-state index in [1.54, 1.807) is 0 Å². The summed E-state index contributed by atoms with van der Waals surface area (Å²) in [7, 11) is 0. The van der Waals surface area contributed by atoms with Gasteiger partial charge in [0.2, 0.25) is 5.91 Å². The summed E-state index contributed by atoms with van der Waals surface area (Å²) in [6.45, 7) is 0.347. The summed E-state index contributed by atoms with van der Waals surface area (Å²) in [4.78, 5) is 13.0. The summed E-state index contributed by atoms with van der Waals surface area (Å²) in [5, 5.41) is 0. The lowest BCUT2D eigenvalue weighted by atomic mass is 10.2. The molecule has 1 amide bonds. The average molecular weight is 338 g/mol. The number of hydrogen-bond acceptors (Lipinski definition) is 2. The van der Waals surface area contributed by atoms with Crippen molar-refractivity contribution in [2.24, 2.45) is 5.73 Å². The molecule has 1 aromatic rings. The highest BCUT2D eigenvalue weighted by Gasteiger charge is 2.29. The van der Waals surface area contributed by atoms with E-state index in [0.717, 1.165) is 12.1 Å². The summed E-state index contributed by atoms with van der Waals surface area (Å²) in [6, 6.07) is 1.87. The summed E-state index contributed by atoms with van der Waals surface area (Å²) in [6.07, 6.45) is 0.245. The maximum atomic E-state index is 13.1. The Balaban J connectivity index is 2.41. The number of carbonyl (C=O) groups is 1. The van der Waals surface area contributed by atoms with Crippen LogP contribution >= 0.6 is 22.6 Å². The number of rotatable bonds is 1. The molecule has 1 aliphatic heterocycles. The average Bonchev–Trinajstić information content (AvgIpc) is 2.51. The lowest BCUT2D eigenvalue weighted by Crippen LogP contribution is -2.28. The molecule has 1 atom stereocenters. The molecule has 6 heteroatoms. The molecule has 1 fully saturated rings. The highest BCUT2D eigenvalue weighted by Crippen LogP contribution is 2.28. The largest absolute Gasteiger partial charge is 0.326 e. The number of hydrogen-bond donors (Lipinski definition) is 1. The smallest absolute Gasteiger partial charge is 0.228 e. The Hall–Kier alpha value is -0.760. The maximum absolute atomic E-state index is 13.1. The number of benzene rings is 1. The van der Waals surface area contributed by atoms with Gasteiger partial charge < -0.3 is 10.6 Å². The molecule has 0 bridgehead atoms. The first kappa shape index (κ1) is 11.7. The predicted octanol–water partition coefficient (Wildman–Crippen LogP) is 1.63. The van der Waals surface area contributed by atoms with Crippen molar-refractivity contribution in [1.82, 2.24) is 0 Å². The van der Waals surface area contributed by atoms with Gasteiger partial charge in [-0.3, -0.25) is 4.79 Å². The van der Waals surface area contributed by atoms with Crippen molar-refractivity contribution in [3.63, 3.8) is 0 Å². The second-order valence-electron chi connectivity index (χ2n) is 3.69. The number of halogens is 3. The van der Waals surface area contributed by atoms with Crippen molar-refractivity contribution in [1.29, 1.82) is 0 Å². The van der Waals surface area contributed by atoms with Gasteiger partial charge in [0, 0.05) is 28.6 Å². The molecule has 2 N–H and O–H groups in total. The van der Waals surface area contributed by atoms with Crippen molar-refractivity contribution >= 4 is 34.2 Å². The Morgan fingerprint density at radius 1 is 1.38 bits per heavy atom. The van der Waals surface area contributed by atoms with Crippen LogP contribution in [0.25, 0.3) is 0 Å². The normalized spacial score (nSPS) is 20.6. The molecule has 1 saturated heterocycles. The molecule has 1 aliphatic rings. The van der Waals surface area contributed by atoms with Crippen LogP contribution in [-0.4, -0.2) is 18.5 Å². The molecule has 3 nitrogen and oxygen atoms in total. The molecule has 0 aromatic heterocycles. The van der Waals surface area contributed by atoms with Gasteiger partial charge in [0.15, 0.2) is 11.6 Å². The van der Waals surface area contributed by atoms with E-state index in [1.165, 1.54) is 4.90 Å². The minimum Gasteiger partial charge on any atom is -0.326 e. The van der Waals surface area contributed by atoms with E-state index in [0.29, 0.717) is 15.8 Å². The fraction of sp³-hybridized carbons (Fsp3) is 0.300. The second-order valence-corrected chi connectivity index (χ2v) is 4.85. The zero-order valence-corrected chi connectivity index (χ0v) is 10.4. The fourth-order valence-electron chi connectivity index (χ4n) is 1.69. The number of nitrogens with two attached hydrogens (primary N) is 1. The van der Waals surface area contributed by atoms with Gasteiger partial charge in [0.25, 0.3) is 0 Å². The number of carbonyl (C=O) groups excluding carboxylic acids is 1. The second kappa shape index (κ2) is 4.25. The fourth-order valence-corrected chi connectivity index (χ4v) is 2.41.